The summed E-state index contributed by atoms with van der Waals surface area (Å²) >= 11 is 5.83. The maximum atomic E-state index is 13.0. The lowest BCUT2D eigenvalue weighted by Crippen LogP contribution is -2.49. The van der Waals surface area contributed by atoms with Crippen LogP contribution in [0.25, 0.3) is 0 Å². The Kier molecular flexibility index (Phi) is 6.13. The fourth-order valence-electron chi connectivity index (χ4n) is 2.91. The molecule has 1 saturated heterocycles. The SMILES string of the molecule is O[C@@H](COc1ccc(Cl)cc1)CN1CCN(c2ccc(F)cc2)CC1. The molecule has 0 bridgehead atoms. The molecule has 1 N–H and O–H groups in total. The van der Waals surface area contributed by atoms with Crippen molar-refractivity contribution in [3.63, 3.8) is 0 Å². The van der Waals surface area contributed by atoms with E-state index in [9.17, 15) is 9.50 Å². The molecule has 2 aromatic carbocycles. The number of halogens is 2. The minimum Gasteiger partial charge on any atom is -0.491 e. The molecule has 0 aromatic heterocycles. The third-order valence-corrected chi connectivity index (χ3v) is 4.54. The first-order chi connectivity index (χ1) is 12.1. The average Bonchev–Trinajstić information content (AvgIpc) is 2.63. The summed E-state index contributed by atoms with van der Waals surface area (Å²) < 4.78 is 18.6. The van der Waals surface area contributed by atoms with Gasteiger partial charge in [0.05, 0.1) is 0 Å². The second kappa shape index (κ2) is 8.52. The van der Waals surface area contributed by atoms with E-state index in [0.717, 1.165) is 31.9 Å². The third kappa shape index (κ3) is 5.33. The van der Waals surface area contributed by atoms with Crippen LogP contribution in [0.4, 0.5) is 10.1 Å². The summed E-state index contributed by atoms with van der Waals surface area (Å²) in [6, 6.07) is 13.7. The molecule has 1 fully saturated rings. The highest BCUT2D eigenvalue weighted by Crippen LogP contribution is 2.18. The Morgan fingerprint density at radius 1 is 1.00 bits per heavy atom. The number of piperazine rings is 1. The van der Waals surface area contributed by atoms with Gasteiger partial charge in [-0.15, -0.1) is 0 Å². The molecule has 25 heavy (non-hydrogen) atoms. The first-order valence-corrected chi connectivity index (χ1v) is 8.77. The van der Waals surface area contributed by atoms with Crippen LogP contribution in [-0.4, -0.2) is 55.4 Å². The Labute approximate surface area is 152 Å². The van der Waals surface area contributed by atoms with Gasteiger partial charge < -0.3 is 14.7 Å². The van der Waals surface area contributed by atoms with E-state index in [4.69, 9.17) is 16.3 Å². The van der Waals surface area contributed by atoms with Crippen molar-refractivity contribution in [1.29, 1.82) is 0 Å². The van der Waals surface area contributed by atoms with Gasteiger partial charge in [0.1, 0.15) is 24.3 Å². The lowest BCUT2D eigenvalue weighted by atomic mass is 10.2. The first kappa shape index (κ1) is 18.0. The predicted octanol–water partition coefficient (Wildman–Crippen LogP) is 3.04. The number of hydrogen-bond donors (Lipinski definition) is 1. The summed E-state index contributed by atoms with van der Waals surface area (Å²) in [5.41, 5.74) is 1.03. The molecular weight excluding hydrogens is 343 g/mol. The van der Waals surface area contributed by atoms with E-state index in [1.54, 1.807) is 36.4 Å². The van der Waals surface area contributed by atoms with E-state index in [-0.39, 0.29) is 12.4 Å². The largest absolute Gasteiger partial charge is 0.491 e. The lowest BCUT2D eigenvalue weighted by molar-refractivity contribution is 0.0663. The maximum absolute atomic E-state index is 13.0. The summed E-state index contributed by atoms with van der Waals surface area (Å²) in [7, 11) is 0. The summed E-state index contributed by atoms with van der Waals surface area (Å²) in [4.78, 5) is 4.45. The molecule has 4 nitrogen and oxygen atoms in total. The van der Waals surface area contributed by atoms with Gasteiger partial charge in [0.25, 0.3) is 0 Å². The Balaban J connectivity index is 1.40. The highest BCUT2D eigenvalue weighted by atomic mass is 35.5. The molecule has 1 aliphatic rings. The molecule has 0 amide bonds. The first-order valence-electron chi connectivity index (χ1n) is 8.39. The lowest BCUT2D eigenvalue weighted by Gasteiger charge is -2.36. The van der Waals surface area contributed by atoms with Crippen LogP contribution in [-0.2, 0) is 0 Å². The number of benzene rings is 2. The molecule has 0 spiro atoms. The zero-order valence-electron chi connectivity index (χ0n) is 13.9. The van der Waals surface area contributed by atoms with Gasteiger partial charge in [-0.3, -0.25) is 4.90 Å². The van der Waals surface area contributed by atoms with Gasteiger partial charge in [-0.25, -0.2) is 4.39 Å². The number of rotatable bonds is 6. The fourth-order valence-corrected chi connectivity index (χ4v) is 3.04. The molecule has 0 saturated carbocycles. The van der Waals surface area contributed by atoms with Gasteiger partial charge in [0.2, 0.25) is 0 Å². The smallest absolute Gasteiger partial charge is 0.123 e. The van der Waals surface area contributed by atoms with Gasteiger partial charge in [-0.2, -0.15) is 0 Å². The van der Waals surface area contributed by atoms with Crippen molar-refractivity contribution in [2.75, 3.05) is 44.2 Å². The van der Waals surface area contributed by atoms with Crippen molar-refractivity contribution in [3.8, 4) is 5.75 Å². The summed E-state index contributed by atoms with van der Waals surface area (Å²) in [6.45, 7) is 4.25. The number of aliphatic hydroxyl groups excluding tert-OH is 1. The molecule has 134 valence electrons. The second-order valence-corrected chi connectivity index (χ2v) is 6.62. The van der Waals surface area contributed by atoms with Crippen LogP contribution < -0.4 is 9.64 Å². The van der Waals surface area contributed by atoms with Crippen LogP contribution in [0.15, 0.2) is 48.5 Å². The molecule has 0 unspecified atom stereocenters. The number of nitrogens with zero attached hydrogens (tertiary/aromatic N) is 2. The van der Waals surface area contributed by atoms with Gasteiger partial charge in [-0.1, -0.05) is 11.6 Å². The minimum atomic E-state index is -0.548. The summed E-state index contributed by atoms with van der Waals surface area (Å²) in [5.74, 6) is 0.482. The number of anilines is 1. The van der Waals surface area contributed by atoms with E-state index in [1.165, 1.54) is 12.1 Å². The van der Waals surface area contributed by atoms with Crippen LogP contribution in [0.3, 0.4) is 0 Å². The Hall–Kier alpha value is -1.82. The van der Waals surface area contributed by atoms with Crippen LogP contribution in [0.2, 0.25) is 5.02 Å². The van der Waals surface area contributed by atoms with Crippen molar-refractivity contribution in [3.05, 3.63) is 59.4 Å². The van der Waals surface area contributed by atoms with Crippen molar-refractivity contribution in [1.82, 2.24) is 4.90 Å². The summed E-state index contributed by atoms with van der Waals surface area (Å²) in [6.07, 6.45) is -0.548. The quantitative estimate of drug-likeness (QED) is 0.854. The normalized spacial score (nSPS) is 16.7. The highest BCUT2D eigenvalue weighted by molar-refractivity contribution is 6.30. The van der Waals surface area contributed by atoms with Crippen molar-refractivity contribution in [2.45, 2.75) is 6.10 Å². The second-order valence-electron chi connectivity index (χ2n) is 6.18. The molecular formula is C19H22ClFN2O2. The predicted molar refractivity (Wildman–Crippen MR) is 98.0 cm³/mol. The molecule has 1 atom stereocenters. The molecule has 0 aliphatic carbocycles. The molecule has 3 rings (SSSR count). The van der Waals surface area contributed by atoms with Crippen LogP contribution in [0.5, 0.6) is 5.75 Å². The molecule has 0 radical (unpaired) electrons. The summed E-state index contributed by atoms with van der Waals surface area (Å²) in [5, 5.41) is 10.8. The third-order valence-electron chi connectivity index (χ3n) is 4.29. The number of β-amino-alcohol motifs (C(OH)–C–C–N with tert-alkyl or cyclic N) is 1. The zero-order valence-corrected chi connectivity index (χ0v) is 14.7. The average molecular weight is 365 g/mol. The fraction of sp³-hybridized carbons (Fsp3) is 0.368. The van der Waals surface area contributed by atoms with Crippen LogP contribution in [0.1, 0.15) is 0 Å². The van der Waals surface area contributed by atoms with Crippen molar-refractivity contribution < 1.29 is 14.2 Å². The zero-order chi connectivity index (χ0) is 17.6. The van der Waals surface area contributed by atoms with Gasteiger partial charge in [-0.05, 0) is 48.5 Å². The van der Waals surface area contributed by atoms with Gasteiger partial charge in [0, 0.05) is 43.4 Å². The minimum absolute atomic E-state index is 0.216. The van der Waals surface area contributed by atoms with Crippen molar-refractivity contribution >= 4 is 17.3 Å². The highest BCUT2D eigenvalue weighted by Gasteiger charge is 2.19. The van der Waals surface area contributed by atoms with Gasteiger partial charge >= 0.3 is 0 Å². The van der Waals surface area contributed by atoms with E-state index in [1.807, 2.05) is 0 Å². The molecule has 1 aliphatic heterocycles. The van der Waals surface area contributed by atoms with E-state index in [0.29, 0.717) is 17.3 Å². The maximum Gasteiger partial charge on any atom is 0.123 e. The van der Waals surface area contributed by atoms with E-state index in [2.05, 4.69) is 9.80 Å². The molecule has 6 heteroatoms. The topological polar surface area (TPSA) is 35.9 Å². The van der Waals surface area contributed by atoms with Crippen molar-refractivity contribution in [2.24, 2.45) is 0 Å². The standard InChI is InChI=1S/C19H22ClFN2O2/c20-15-1-7-19(8-2-15)25-14-18(24)13-22-9-11-23(12-10-22)17-5-3-16(21)4-6-17/h1-8,18,24H,9-14H2/t18-/m1/s1. The van der Waals surface area contributed by atoms with Crippen LogP contribution in [0, 0.1) is 5.82 Å². The van der Waals surface area contributed by atoms with E-state index >= 15 is 0 Å². The van der Waals surface area contributed by atoms with Crippen LogP contribution >= 0.6 is 11.6 Å². The number of ether oxygens (including phenoxy) is 1. The Morgan fingerprint density at radius 2 is 1.64 bits per heavy atom. The molecule has 1 heterocycles. The van der Waals surface area contributed by atoms with Gasteiger partial charge in [0.15, 0.2) is 0 Å². The Morgan fingerprint density at radius 3 is 2.28 bits per heavy atom. The Bertz CT molecular complexity index is 658. The monoisotopic (exact) mass is 364 g/mol. The van der Waals surface area contributed by atoms with E-state index < -0.39 is 6.10 Å². The molecule has 2 aromatic rings. The number of aliphatic hydroxyl groups is 1. The number of hydrogen-bond acceptors (Lipinski definition) is 4.